The first kappa shape index (κ1) is 34.6. The van der Waals surface area contributed by atoms with E-state index < -0.39 is 6.03 Å². The molecule has 5 N–H and O–H groups in total. The van der Waals surface area contributed by atoms with Crippen molar-refractivity contribution in [1.29, 1.82) is 5.41 Å². The number of nitrogens with zero attached hydrogens (tertiary/aromatic N) is 8. The third-order valence-corrected chi connectivity index (χ3v) is 8.79. The fraction of sp³-hybridized carbons (Fsp3) is 0.382. The molecule has 1 aliphatic rings. The average Bonchev–Trinajstić information content (AvgIpc) is 3.67. The lowest BCUT2D eigenvalue weighted by Crippen LogP contribution is -2.41. The highest BCUT2D eigenvalue weighted by atomic mass is 16.3. The Balaban J connectivity index is 1.20. The smallest absolute Gasteiger partial charge is 0.325 e. The molecule has 4 aromatic rings. The molecular formula is C34H42N10O5. The Morgan fingerprint density at radius 2 is 1.86 bits per heavy atom. The number of hydrogen-bond acceptors (Lipinski definition) is 9. The maximum atomic E-state index is 13.2. The first-order chi connectivity index (χ1) is 23.4. The summed E-state index contributed by atoms with van der Waals surface area (Å²) in [5.41, 5.74) is 7.79. The number of hydrogen-bond donors (Lipinski definition) is 4. The van der Waals surface area contributed by atoms with E-state index >= 15 is 0 Å². The zero-order valence-corrected chi connectivity index (χ0v) is 28.1. The van der Waals surface area contributed by atoms with Gasteiger partial charge in [0.05, 0.1) is 11.3 Å². The van der Waals surface area contributed by atoms with Gasteiger partial charge in [-0.2, -0.15) is 0 Å². The minimum atomic E-state index is -0.874. The van der Waals surface area contributed by atoms with Crippen molar-refractivity contribution < 1.29 is 24.6 Å². The van der Waals surface area contributed by atoms with Crippen LogP contribution in [-0.2, 0) is 11.3 Å². The van der Waals surface area contributed by atoms with Gasteiger partial charge in [0.1, 0.15) is 23.7 Å². The number of rotatable bonds is 11. The number of piperidine rings is 1. The second-order valence-corrected chi connectivity index (χ2v) is 12.7. The molecule has 15 nitrogen and oxygen atoms in total. The minimum absolute atomic E-state index is 0.0750. The van der Waals surface area contributed by atoms with Crippen LogP contribution in [0.15, 0.2) is 59.3 Å². The molecular weight excluding hydrogens is 628 g/mol. The molecule has 15 heteroatoms. The SMILES string of the molecule is CC(C)c1cc(C(=N)N(C(N)=O)c2ccc3c(ccn3CCCC3CCN(C(=O)c4ncn(C=O)c4N=NN(C)C)CC3)c2)c(O)cc1O. The van der Waals surface area contributed by atoms with Crippen LogP contribution < -0.4 is 10.6 Å². The van der Waals surface area contributed by atoms with Crippen molar-refractivity contribution in [2.24, 2.45) is 22.0 Å². The number of primary amides is 1. The number of fused-ring (bicyclic) bond motifs is 1. The molecule has 2 aromatic carbocycles. The number of benzene rings is 2. The summed E-state index contributed by atoms with van der Waals surface area (Å²) in [6.45, 7) is 5.71. The number of aromatic nitrogens is 3. The number of imidazole rings is 1. The van der Waals surface area contributed by atoms with Crippen LogP contribution in [0.2, 0.25) is 0 Å². The molecule has 1 fully saturated rings. The van der Waals surface area contributed by atoms with Crippen molar-refractivity contribution in [3.05, 3.63) is 65.7 Å². The molecule has 0 unspecified atom stereocenters. The lowest BCUT2D eigenvalue weighted by molar-refractivity contribution is 0.0680. The molecule has 5 rings (SSSR count). The Bertz CT molecular complexity index is 1900. The zero-order valence-electron chi connectivity index (χ0n) is 28.1. The third kappa shape index (κ3) is 7.40. The maximum absolute atomic E-state index is 13.2. The summed E-state index contributed by atoms with van der Waals surface area (Å²) in [5, 5.41) is 39.8. The largest absolute Gasteiger partial charge is 0.508 e. The van der Waals surface area contributed by atoms with Crippen molar-refractivity contribution >= 4 is 46.6 Å². The Morgan fingerprint density at radius 1 is 1.12 bits per heavy atom. The van der Waals surface area contributed by atoms with E-state index in [4.69, 9.17) is 11.1 Å². The van der Waals surface area contributed by atoms with E-state index in [0.29, 0.717) is 36.7 Å². The fourth-order valence-electron chi connectivity index (χ4n) is 6.19. The van der Waals surface area contributed by atoms with Gasteiger partial charge in [-0.05, 0) is 73.4 Å². The number of urea groups is 1. The quantitative estimate of drug-likeness (QED) is 0.0551. The summed E-state index contributed by atoms with van der Waals surface area (Å²) in [5.74, 6) is -0.489. The molecule has 0 bridgehead atoms. The highest BCUT2D eigenvalue weighted by Gasteiger charge is 2.28. The van der Waals surface area contributed by atoms with Crippen LogP contribution in [0.25, 0.3) is 10.9 Å². The van der Waals surface area contributed by atoms with Gasteiger partial charge in [-0.25, -0.2) is 14.7 Å². The number of aryl methyl sites for hydroxylation is 1. The molecule has 49 heavy (non-hydrogen) atoms. The van der Waals surface area contributed by atoms with Crippen molar-refractivity contribution in [1.82, 2.24) is 24.0 Å². The number of phenolic OH excluding ortho intramolecular Hbond substituents is 2. The Morgan fingerprint density at radius 3 is 2.51 bits per heavy atom. The predicted octanol–water partition coefficient (Wildman–Crippen LogP) is 5.21. The molecule has 1 saturated heterocycles. The fourth-order valence-corrected chi connectivity index (χ4v) is 6.19. The van der Waals surface area contributed by atoms with Gasteiger partial charge in [0.15, 0.2) is 11.5 Å². The van der Waals surface area contributed by atoms with Gasteiger partial charge in [-0.1, -0.05) is 19.1 Å². The average molecular weight is 671 g/mol. The number of aromatic hydroxyl groups is 2. The molecule has 258 valence electrons. The normalized spacial score (nSPS) is 13.8. The number of phenols is 2. The summed E-state index contributed by atoms with van der Waals surface area (Å²) >= 11 is 0. The summed E-state index contributed by atoms with van der Waals surface area (Å²) < 4.78 is 3.29. The lowest BCUT2D eigenvalue weighted by Gasteiger charge is -2.31. The zero-order chi connectivity index (χ0) is 35.4. The molecule has 2 aromatic heterocycles. The first-order valence-electron chi connectivity index (χ1n) is 16.1. The highest BCUT2D eigenvalue weighted by Crippen LogP contribution is 2.34. The van der Waals surface area contributed by atoms with E-state index in [-0.39, 0.29) is 46.2 Å². The molecule has 0 spiro atoms. The van der Waals surface area contributed by atoms with Crippen molar-refractivity contribution in [2.75, 3.05) is 32.1 Å². The summed E-state index contributed by atoms with van der Waals surface area (Å²) in [4.78, 5) is 44.1. The van der Waals surface area contributed by atoms with Gasteiger partial charge in [0, 0.05) is 56.9 Å². The predicted molar refractivity (Wildman–Crippen MR) is 185 cm³/mol. The van der Waals surface area contributed by atoms with Gasteiger partial charge in [0.2, 0.25) is 6.41 Å². The molecule has 0 saturated carbocycles. The summed E-state index contributed by atoms with van der Waals surface area (Å²) in [6, 6.07) is 9.13. The van der Waals surface area contributed by atoms with Crippen LogP contribution in [0.4, 0.5) is 16.3 Å². The molecule has 0 aliphatic carbocycles. The number of amides is 3. The van der Waals surface area contributed by atoms with Gasteiger partial charge >= 0.3 is 6.03 Å². The Labute approximate surface area is 283 Å². The standard InChI is InChI=1S/C34H42N10O5/c1-21(2)25-17-26(29(47)18-28(25)46)31(35)44(34(36)49)24-7-8-27-23(16-24)11-15-41(27)12-5-6-22-9-13-42(14-10-22)33(48)30-32(38-39-40(3)4)43(20-45)19-37-30/h7-8,11,15-22,35,46-47H,5-6,9-10,12-14H2,1-4H3,(H2,36,49). The number of nitrogens with one attached hydrogen (secondary N) is 1. The van der Waals surface area contributed by atoms with Gasteiger partial charge in [-0.15, -0.1) is 5.11 Å². The van der Waals surface area contributed by atoms with Crippen LogP contribution in [0.5, 0.6) is 11.5 Å². The van der Waals surface area contributed by atoms with Crippen LogP contribution >= 0.6 is 0 Å². The monoisotopic (exact) mass is 670 g/mol. The Hall–Kier alpha value is -5.73. The van der Waals surface area contributed by atoms with E-state index in [9.17, 15) is 24.6 Å². The van der Waals surface area contributed by atoms with Crippen molar-refractivity contribution in [3.8, 4) is 11.5 Å². The van der Waals surface area contributed by atoms with Gasteiger partial charge < -0.3 is 25.4 Å². The van der Waals surface area contributed by atoms with Crippen LogP contribution in [0, 0.1) is 11.3 Å². The minimum Gasteiger partial charge on any atom is -0.508 e. The van der Waals surface area contributed by atoms with E-state index in [1.165, 1.54) is 23.5 Å². The van der Waals surface area contributed by atoms with Gasteiger partial charge in [-0.3, -0.25) is 24.6 Å². The number of amidine groups is 1. The van der Waals surface area contributed by atoms with Crippen LogP contribution in [-0.4, -0.2) is 85.6 Å². The molecule has 0 radical (unpaired) electrons. The maximum Gasteiger partial charge on any atom is 0.325 e. The van der Waals surface area contributed by atoms with Gasteiger partial charge in [0.25, 0.3) is 5.91 Å². The van der Waals surface area contributed by atoms with E-state index in [1.807, 2.05) is 32.2 Å². The third-order valence-electron chi connectivity index (χ3n) is 8.79. The number of nitrogens with two attached hydrogens (primary N) is 1. The summed E-state index contributed by atoms with van der Waals surface area (Å²) in [7, 11) is 3.38. The lowest BCUT2D eigenvalue weighted by atomic mass is 9.92. The van der Waals surface area contributed by atoms with E-state index in [0.717, 1.165) is 52.6 Å². The first-order valence-corrected chi connectivity index (χ1v) is 16.1. The number of carbonyl (C=O) groups excluding carboxylic acids is 3. The van der Waals surface area contributed by atoms with E-state index in [2.05, 4.69) is 19.9 Å². The second kappa shape index (κ2) is 14.6. The Kier molecular flexibility index (Phi) is 10.3. The molecule has 0 atom stereocenters. The highest BCUT2D eigenvalue weighted by molar-refractivity contribution is 6.22. The second-order valence-electron chi connectivity index (χ2n) is 12.7. The van der Waals surface area contributed by atoms with Crippen LogP contribution in [0.3, 0.4) is 0 Å². The van der Waals surface area contributed by atoms with Crippen LogP contribution in [0.1, 0.15) is 67.1 Å². The van der Waals surface area contributed by atoms with E-state index in [1.54, 1.807) is 31.1 Å². The number of carbonyl (C=O) groups is 3. The summed E-state index contributed by atoms with van der Waals surface area (Å²) in [6.07, 6.45) is 7.43. The topological polar surface area (TPSA) is 199 Å². The number of anilines is 1. The van der Waals surface area contributed by atoms with Crippen molar-refractivity contribution in [2.45, 2.75) is 52.0 Å². The number of likely N-dealkylation sites (tertiary alicyclic amines) is 1. The molecule has 3 amide bonds. The van der Waals surface area contributed by atoms with Crippen molar-refractivity contribution in [3.63, 3.8) is 0 Å². The molecule has 3 heterocycles. The molecule has 1 aliphatic heterocycles.